The second-order valence-electron chi connectivity index (χ2n) is 3.87. The zero-order valence-electron chi connectivity index (χ0n) is 9.60. The van der Waals surface area contributed by atoms with Gasteiger partial charge in [-0.05, 0) is 36.4 Å². The number of hydrogen-bond acceptors (Lipinski definition) is 4. The van der Waals surface area contributed by atoms with Crippen LogP contribution in [0.5, 0.6) is 0 Å². The molecule has 0 heterocycles. The largest absolute Gasteiger partial charge is 0.398 e. The van der Waals surface area contributed by atoms with Gasteiger partial charge in [-0.15, -0.1) is 0 Å². The van der Waals surface area contributed by atoms with E-state index in [0.717, 1.165) is 36.4 Å². The van der Waals surface area contributed by atoms with Gasteiger partial charge in [0.15, 0.2) is 0 Å². The Labute approximate surface area is 108 Å². The third-order valence-electron chi connectivity index (χ3n) is 2.52. The molecular weight excluding hydrogens is 274 g/mol. The number of benzene rings is 2. The zero-order valence-corrected chi connectivity index (χ0v) is 10.4. The van der Waals surface area contributed by atoms with E-state index in [2.05, 4.69) is 0 Å². The first kappa shape index (κ1) is 13.3. The minimum absolute atomic E-state index is 0.233. The van der Waals surface area contributed by atoms with E-state index in [-0.39, 0.29) is 21.2 Å². The summed E-state index contributed by atoms with van der Waals surface area (Å²) in [6.07, 6.45) is 0. The lowest BCUT2D eigenvalue weighted by molar-refractivity contribution is 0.594. The van der Waals surface area contributed by atoms with E-state index >= 15 is 0 Å². The summed E-state index contributed by atoms with van der Waals surface area (Å²) in [5.74, 6) is -1.30. The Hall–Kier alpha value is -2.15. The summed E-state index contributed by atoms with van der Waals surface area (Å²) in [4.78, 5) is -0.542. The maximum absolute atomic E-state index is 12.9. The predicted molar refractivity (Wildman–Crippen MR) is 67.1 cm³/mol. The van der Waals surface area contributed by atoms with Crippen LogP contribution in [0.3, 0.4) is 0 Å². The summed E-state index contributed by atoms with van der Waals surface area (Å²) in [5.41, 5.74) is 10.5. The van der Waals surface area contributed by atoms with E-state index in [0.29, 0.717) is 0 Å². The normalized spacial score (nSPS) is 11.5. The van der Waals surface area contributed by atoms with E-state index in [1.54, 1.807) is 0 Å². The van der Waals surface area contributed by atoms with E-state index in [1.165, 1.54) is 0 Å². The second-order valence-corrected chi connectivity index (χ2v) is 5.75. The van der Waals surface area contributed by atoms with E-state index in [9.17, 15) is 17.2 Å². The first-order valence-corrected chi connectivity index (χ1v) is 6.66. The lowest BCUT2D eigenvalue weighted by atomic mass is 10.3. The van der Waals surface area contributed by atoms with Crippen LogP contribution in [0.1, 0.15) is 0 Å². The van der Waals surface area contributed by atoms with Gasteiger partial charge in [0.1, 0.15) is 11.6 Å². The van der Waals surface area contributed by atoms with Gasteiger partial charge >= 0.3 is 0 Å². The minimum atomic E-state index is -4.02. The zero-order chi connectivity index (χ0) is 14.2. The number of hydrogen-bond donors (Lipinski definition) is 2. The van der Waals surface area contributed by atoms with Gasteiger partial charge in [-0.3, -0.25) is 0 Å². The molecule has 0 aliphatic carbocycles. The molecule has 4 N–H and O–H groups in total. The molecule has 0 atom stereocenters. The van der Waals surface area contributed by atoms with Crippen LogP contribution in [-0.2, 0) is 9.84 Å². The van der Waals surface area contributed by atoms with Crippen molar-refractivity contribution in [1.82, 2.24) is 0 Å². The summed E-state index contributed by atoms with van der Waals surface area (Å²) in [5, 5.41) is 0. The fourth-order valence-corrected chi connectivity index (χ4v) is 3.12. The number of nitrogens with two attached hydrogens (primary N) is 2. The van der Waals surface area contributed by atoms with Crippen molar-refractivity contribution in [1.29, 1.82) is 0 Å². The van der Waals surface area contributed by atoms with Crippen molar-refractivity contribution in [3.05, 3.63) is 48.0 Å². The first-order chi connectivity index (χ1) is 8.82. The third kappa shape index (κ3) is 2.37. The molecule has 2 aromatic carbocycles. The van der Waals surface area contributed by atoms with Crippen LogP contribution in [-0.4, -0.2) is 8.42 Å². The number of nitrogen functional groups attached to an aromatic ring is 2. The Morgan fingerprint density at radius 3 is 1.47 bits per heavy atom. The highest BCUT2D eigenvalue weighted by Gasteiger charge is 2.23. The fraction of sp³-hybridized carbons (Fsp3) is 0. The van der Waals surface area contributed by atoms with Crippen molar-refractivity contribution in [3.63, 3.8) is 0 Å². The topological polar surface area (TPSA) is 86.2 Å². The molecule has 0 radical (unpaired) electrons. The summed E-state index contributed by atoms with van der Waals surface area (Å²) in [6, 6.07) is 5.83. The monoisotopic (exact) mass is 284 g/mol. The molecule has 7 heteroatoms. The number of anilines is 2. The lowest BCUT2D eigenvalue weighted by Crippen LogP contribution is -2.08. The van der Waals surface area contributed by atoms with Crippen LogP contribution in [0.25, 0.3) is 0 Å². The maximum Gasteiger partial charge on any atom is 0.210 e. The van der Waals surface area contributed by atoms with Crippen molar-refractivity contribution in [2.75, 3.05) is 11.5 Å². The van der Waals surface area contributed by atoms with Crippen LogP contribution in [0.15, 0.2) is 46.2 Å². The standard InChI is InChI=1S/C12H10F2N2O2S/c13-7-1-3-11(9(15)5-7)19(17,18)12-4-2-8(14)6-10(12)16/h1-6H,15-16H2. The molecule has 0 saturated carbocycles. The fourth-order valence-electron chi connectivity index (χ4n) is 1.65. The van der Waals surface area contributed by atoms with Crippen LogP contribution >= 0.6 is 0 Å². The predicted octanol–water partition coefficient (Wildman–Crippen LogP) is 1.96. The molecule has 4 nitrogen and oxygen atoms in total. The van der Waals surface area contributed by atoms with Crippen molar-refractivity contribution < 1.29 is 17.2 Å². The van der Waals surface area contributed by atoms with E-state index in [4.69, 9.17) is 11.5 Å². The molecule has 2 aromatic rings. The molecule has 0 saturated heterocycles. The highest BCUT2D eigenvalue weighted by Crippen LogP contribution is 2.30. The van der Waals surface area contributed by atoms with E-state index < -0.39 is 21.5 Å². The van der Waals surface area contributed by atoms with Gasteiger partial charge in [0.2, 0.25) is 9.84 Å². The number of halogens is 2. The van der Waals surface area contributed by atoms with Gasteiger partial charge in [-0.1, -0.05) is 0 Å². The van der Waals surface area contributed by atoms with Gasteiger partial charge < -0.3 is 11.5 Å². The Bertz CT molecular complexity index is 688. The third-order valence-corrected chi connectivity index (χ3v) is 4.42. The Balaban J connectivity index is 2.65. The smallest absolute Gasteiger partial charge is 0.210 e. The highest BCUT2D eigenvalue weighted by atomic mass is 32.2. The molecule has 0 spiro atoms. The van der Waals surface area contributed by atoms with Crippen molar-refractivity contribution in [2.24, 2.45) is 0 Å². The molecule has 0 aliphatic heterocycles. The van der Waals surface area contributed by atoms with Gasteiger partial charge in [0.05, 0.1) is 21.2 Å². The summed E-state index contributed by atoms with van der Waals surface area (Å²) < 4.78 is 50.4. The molecule has 2 rings (SSSR count). The first-order valence-electron chi connectivity index (χ1n) is 5.17. The van der Waals surface area contributed by atoms with Crippen molar-refractivity contribution in [2.45, 2.75) is 9.79 Å². The average molecular weight is 284 g/mol. The van der Waals surface area contributed by atoms with Gasteiger partial charge in [-0.25, -0.2) is 17.2 Å². The van der Waals surface area contributed by atoms with Gasteiger partial charge in [-0.2, -0.15) is 0 Å². The molecule has 0 bridgehead atoms. The van der Waals surface area contributed by atoms with Crippen LogP contribution in [0.2, 0.25) is 0 Å². The van der Waals surface area contributed by atoms with Crippen molar-refractivity contribution >= 4 is 21.2 Å². The van der Waals surface area contributed by atoms with Crippen LogP contribution in [0, 0.1) is 11.6 Å². The Morgan fingerprint density at radius 1 is 0.789 bits per heavy atom. The molecule has 0 aliphatic rings. The minimum Gasteiger partial charge on any atom is -0.398 e. The maximum atomic E-state index is 12.9. The molecule has 19 heavy (non-hydrogen) atoms. The average Bonchev–Trinajstić information content (AvgIpc) is 2.27. The SMILES string of the molecule is Nc1cc(F)ccc1S(=O)(=O)c1ccc(F)cc1N. The lowest BCUT2D eigenvalue weighted by Gasteiger charge is -2.09. The molecule has 100 valence electrons. The van der Waals surface area contributed by atoms with Gasteiger partial charge in [0.25, 0.3) is 0 Å². The van der Waals surface area contributed by atoms with Crippen molar-refractivity contribution in [3.8, 4) is 0 Å². The Morgan fingerprint density at radius 2 is 1.16 bits per heavy atom. The summed E-state index contributed by atoms with van der Waals surface area (Å²) in [7, 11) is -4.02. The molecule has 0 fully saturated rings. The quantitative estimate of drug-likeness (QED) is 0.652. The molecule has 0 unspecified atom stereocenters. The summed E-state index contributed by atoms with van der Waals surface area (Å²) in [6.45, 7) is 0. The molecule has 0 aromatic heterocycles. The Kier molecular flexibility index (Phi) is 3.15. The van der Waals surface area contributed by atoms with Gasteiger partial charge in [0, 0.05) is 0 Å². The molecular formula is C12H10F2N2O2S. The summed E-state index contributed by atoms with van der Waals surface area (Å²) >= 11 is 0. The number of sulfone groups is 1. The molecule has 0 amide bonds. The van der Waals surface area contributed by atoms with Crippen LogP contribution < -0.4 is 11.5 Å². The second kappa shape index (κ2) is 4.51. The van der Waals surface area contributed by atoms with Crippen LogP contribution in [0.4, 0.5) is 20.2 Å². The van der Waals surface area contributed by atoms with E-state index in [1.807, 2.05) is 0 Å². The highest BCUT2D eigenvalue weighted by molar-refractivity contribution is 7.91. The number of rotatable bonds is 2.